The Balaban J connectivity index is 1.82. The van der Waals surface area contributed by atoms with Gasteiger partial charge in [-0.2, -0.15) is 0 Å². The highest BCUT2D eigenvalue weighted by Gasteiger charge is 2.22. The molecule has 21 heavy (non-hydrogen) atoms. The summed E-state index contributed by atoms with van der Waals surface area (Å²) < 4.78 is 1.81. The van der Waals surface area contributed by atoms with Crippen LogP contribution in [0.5, 0.6) is 0 Å². The molecule has 116 valence electrons. The molecule has 0 aromatic carbocycles. The molecule has 1 aromatic heterocycles. The molecule has 1 aliphatic heterocycles. The minimum absolute atomic E-state index is 0.0405. The Morgan fingerprint density at radius 2 is 2.19 bits per heavy atom. The highest BCUT2D eigenvalue weighted by molar-refractivity contribution is 9.13. The largest absolute Gasteiger partial charge is 0.409 e. The SMILES string of the molecule is NC(CN1CCC(NC(=O)c2cc(Br)c(Br)s2)CC1)=NO. The van der Waals surface area contributed by atoms with Gasteiger partial charge >= 0.3 is 0 Å². The maximum atomic E-state index is 12.2. The molecule has 2 rings (SSSR count). The first-order valence-corrected chi connectivity index (χ1v) is 8.84. The van der Waals surface area contributed by atoms with Gasteiger partial charge in [-0.25, -0.2) is 0 Å². The zero-order valence-corrected chi connectivity index (χ0v) is 15.2. The molecule has 4 N–H and O–H groups in total. The average molecular weight is 440 g/mol. The van der Waals surface area contributed by atoms with Gasteiger partial charge in [0.25, 0.3) is 5.91 Å². The quantitative estimate of drug-likeness (QED) is 0.290. The second-order valence-corrected chi connectivity index (χ2v) is 8.07. The summed E-state index contributed by atoms with van der Waals surface area (Å²) in [5, 5.41) is 14.6. The van der Waals surface area contributed by atoms with Gasteiger partial charge in [0.05, 0.1) is 15.2 Å². The molecular weight excluding hydrogens is 424 g/mol. The molecule has 9 heteroatoms. The molecule has 1 fully saturated rings. The first kappa shape index (κ1) is 16.7. The number of nitrogens with two attached hydrogens (primary N) is 1. The molecule has 0 unspecified atom stereocenters. The molecule has 0 bridgehead atoms. The van der Waals surface area contributed by atoms with Crippen molar-refractivity contribution in [3.63, 3.8) is 0 Å². The molecule has 1 aromatic rings. The number of amidine groups is 1. The van der Waals surface area contributed by atoms with E-state index in [-0.39, 0.29) is 17.8 Å². The number of halogens is 2. The summed E-state index contributed by atoms with van der Waals surface area (Å²) in [6.07, 6.45) is 1.72. The molecule has 1 aliphatic rings. The standard InChI is InChI=1S/C12H16Br2N4O2S/c13-8-5-9(21-11(8)14)12(19)16-7-1-3-18(4-2-7)6-10(15)17-20/h5,7,20H,1-4,6H2,(H2,15,17)(H,16,19). The number of hydrogen-bond acceptors (Lipinski definition) is 5. The number of oxime groups is 1. The van der Waals surface area contributed by atoms with E-state index >= 15 is 0 Å². The van der Waals surface area contributed by atoms with Gasteiger partial charge in [-0.05, 0) is 50.8 Å². The Hall–Kier alpha value is -0.640. The average Bonchev–Trinajstić information content (AvgIpc) is 2.81. The van der Waals surface area contributed by atoms with E-state index in [1.165, 1.54) is 11.3 Å². The first-order chi connectivity index (χ1) is 9.99. The van der Waals surface area contributed by atoms with Gasteiger partial charge in [-0.1, -0.05) is 5.16 Å². The van der Waals surface area contributed by atoms with E-state index in [1.54, 1.807) is 0 Å². The number of hydrogen-bond donors (Lipinski definition) is 3. The summed E-state index contributed by atoms with van der Waals surface area (Å²) in [5.41, 5.74) is 5.49. The summed E-state index contributed by atoms with van der Waals surface area (Å²) in [6.45, 7) is 2.10. The molecule has 1 saturated heterocycles. The van der Waals surface area contributed by atoms with Gasteiger partial charge in [0.15, 0.2) is 5.84 Å². The summed E-state index contributed by atoms with van der Waals surface area (Å²) in [5.74, 6) is 0.173. The van der Waals surface area contributed by atoms with Crippen LogP contribution in [-0.2, 0) is 0 Å². The topological polar surface area (TPSA) is 91.0 Å². The number of nitrogens with one attached hydrogen (secondary N) is 1. The van der Waals surface area contributed by atoms with Crippen LogP contribution in [0.3, 0.4) is 0 Å². The van der Waals surface area contributed by atoms with Crippen molar-refractivity contribution in [3.05, 3.63) is 19.2 Å². The Morgan fingerprint density at radius 3 is 2.71 bits per heavy atom. The van der Waals surface area contributed by atoms with Gasteiger partial charge < -0.3 is 16.3 Å². The number of carbonyl (C=O) groups excluding carboxylic acids is 1. The molecular formula is C12H16Br2N4O2S. The fraction of sp³-hybridized carbons (Fsp3) is 0.500. The molecule has 0 radical (unpaired) electrons. The van der Waals surface area contributed by atoms with Crippen LogP contribution in [0.4, 0.5) is 0 Å². The third kappa shape index (κ3) is 4.67. The maximum absolute atomic E-state index is 12.2. The predicted octanol–water partition coefficient (Wildman–Crippen LogP) is 2.21. The van der Waals surface area contributed by atoms with E-state index in [0.29, 0.717) is 11.4 Å². The second kappa shape index (κ2) is 7.57. The molecule has 0 saturated carbocycles. The molecule has 2 heterocycles. The van der Waals surface area contributed by atoms with Crippen LogP contribution in [0.15, 0.2) is 19.5 Å². The number of carbonyl (C=O) groups is 1. The third-order valence-electron chi connectivity index (χ3n) is 3.31. The summed E-state index contributed by atoms with van der Waals surface area (Å²) in [6, 6.07) is 1.98. The number of rotatable bonds is 4. The van der Waals surface area contributed by atoms with Gasteiger partial charge in [0, 0.05) is 23.6 Å². The van der Waals surface area contributed by atoms with E-state index in [0.717, 1.165) is 34.2 Å². The maximum Gasteiger partial charge on any atom is 0.261 e. The lowest BCUT2D eigenvalue weighted by atomic mass is 10.0. The van der Waals surface area contributed by atoms with Crippen molar-refractivity contribution in [3.8, 4) is 0 Å². The summed E-state index contributed by atoms with van der Waals surface area (Å²) in [4.78, 5) is 15.0. The van der Waals surface area contributed by atoms with Crippen molar-refractivity contribution >= 4 is 54.9 Å². The molecule has 0 aliphatic carbocycles. The van der Waals surface area contributed by atoms with Crippen LogP contribution in [-0.4, -0.2) is 47.5 Å². The van der Waals surface area contributed by atoms with Crippen molar-refractivity contribution in [1.82, 2.24) is 10.2 Å². The van der Waals surface area contributed by atoms with Crippen LogP contribution < -0.4 is 11.1 Å². The number of thiophene rings is 1. The summed E-state index contributed by atoms with van der Waals surface area (Å²) in [7, 11) is 0. The highest BCUT2D eigenvalue weighted by Crippen LogP contribution is 2.32. The molecule has 1 amide bonds. The first-order valence-electron chi connectivity index (χ1n) is 6.44. The number of nitrogens with zero attached hydrogens (tertiary/aromatic N) is 2. The van der Waals surface area contributed by atoms with Crippen molar-refractivity contribution < 1.29 is 10.0 Å². The van der Waals surface area contributed by atoms with Gasteiger partial charge in [-0.3, -0.25) is 9.69 Å². The van der Waals surface area contributed by atoms with Crippen LogP contribution in [0.1, 0.15) is 22.5 Å². The smallest absolute Gasteiger partial charge is 0.261 e. The van der Waals surface area contributed by atoms with Crippen LogP contribution >= 0.6 is 43.2 Å². The Labute approximate surface area is 143 Å². The van der Waals surface area contributed by atoms with Gasteiger partial charge in [0.1, 0.15) is 0 Å². The Kier molecular flexibility index (Phi) is 6.03. The van der Waals surface area contributed by atoms with Crippen molar-refractivity contribution in [2.24, 2.45) is 10.9 Å². The molecule has 0 atom stereocenters. The van der Waals surface area contributed by atoms with E-state index in [9.17, 15) is 4.79 Å². The van der Waals surface area contributed by atoms with Gasteiger partial charge in [-0.15, -0.1) is 11.3 Å². The van der Waals surface area contributed by atoms with Crippen LogP contribution in [0.2, 0.25) is 0 Å². The predicted molar refractivity (Wildman–Crippen MR) is 90.1 cm³/mol. The lowest BCUT2D eigenvalue weighted by Gasteiger charge is -2.31. The number of piperidine rings is 1. The summed E-state index contributed by atoms with van der Waals surface area (Å²) >= 11 is 8.18. The zero-order valence-electron chi connectivity index (χ0n) is 11.2. The molecule has 6 nitrogen and oxygen atoms in total. The lowest BCUT2D eigenvalue weighted by molar-refractivity contribution is 0.0919. The monoisotopic (exact) mass is 438 g/mol. The van der Waals surface area contributed by atoms with Crippen molar-refractivity contribution in [2.45, 2.75) is 18.9 Å². The fourth-order valence-electron chi connectivity index (χ4n) is 2.21. The minimum Gasteiger partial charge on any atom is -0.409 e. The van der Waals surface area contributed by atoms with Crippen LogP contribution in [0.25, 0.3) is 0 Å². The Morgan fingerprint density at radius 1 is 1.52 bits per heavy atom. The lowest BCUT2D eigenvalue weighted by Crippen LogP contribution is -2.46. The fourth-order valence-corrected chi connectivity index (χ4v) is 4.15. The number of amides is 1. The van der Waals surface area contributed by atoms with Crippen LogP contribution in [0, 0.1) is 0 Å². The van der Waals surface area contributed by atoms with E-state index in [4.69, 9.17) is 10.9 Å². The normalized spacial score (nSPS) is 17.9. The van der Waals surface area contributed by atoms with E-state index in [1.807, 2.05) is 6.07 Å². The number of likely N-dealkylation sites (tertiary alicyclic amines) is 1. The minimum atomic E-state index is -0.0405. The zero-order chi connectivity index (χ0) is 15.4. The highest BCUT2D eigenvalue weighted by atomic mass is 79.9. The third-order valence-corrected chi connectivity index (χ3v) is 6.56. The second-order valence-electron chi connectivity index (χ2n) is 4.85. The van der Waals surface area contributed by atoms with Crippen molar-refractivity contribution in [2.75, 3.05) is 19.6 Å². The van der Waals surface area contributed by atoms with E-state index < -0.39 is 0 Å². The van der Waals surface area contributed by atoms with Gasteiger partial charge in [0.2, 0.25) is 0 Å². The Bertz CT molecular complexity index is 522. The van der Waals surface area contributed by atoms with Crippen molar-refractivity contribution in [1.29, 1.82) is 0 Å². The molecule has 0 spiro atoms. The van der Waals surface area contributed by atoms with E-state index in [2.05, 4.69) is 47.2 Å².